The summed E-state index contributed by atoms with van der Waals surface area (Å²) in [7, 11) is 0. The predicted molar refractivity (Wildman–Crippen MR) is 110 cm³/mol. The van der Waals surface area contributed by atoms with Crippen molar-refractivity contribution < 1.29 is 23.4 Å². The summed E-state index contributed by atoms with van der Waals surface area (Å²) in [5, 5.41) is 12.4. The van der Waals surface area contributed by atoms with Crippen LogP contribution in [-0.4, -0.2) is 43.0 Å². The second kappa shape index (κ2) is 8.47. The number of fused-ring (bicyclic) bond motifs is 1. The lowest BCUT2D eigenvalue weighted by atomic mass is 10.1. The van der Waals surface area contributed by atoms with Crippen LogP contribution in [0.4, 0.5) is 25.0 Å². The minimum atomic E-state index is -0.514. The number of urea groups is 1. The first-order valence-corrected chi connectivity index (χ1v) is 10.1. The number of piperidine rings is 1. The highest BCUT2D eigenvalue weighted by Gasteiger charge is 2.29. The average Bonchev–Trinajstić information content (AvgIpc) is 2.73. The molecule has 1 saturated heterocycles. The van der Waals surface area contributed by atoms with Crippen LogP contribution in [0.5, 0.6) is 5.75 Å². The van der Waals surface area contributed by atoms with Gasteiger partial charge in [-0.3, -0.25) is 4.90 Å². The molecule has 2 N–H and O–H groups in total. The summed E-state index contributed by atoms with van der Waals surface area (Å²) in [6, 6.07) is 8.95. The number of anilines is 2. The number of amides is 2. The standard InChI is InChI=1S/C22H25F2N3O3/c1-14-13-27(20-4-2-3-17(23)21(20)30-14)22(29)25-12-15-5-6-19(18(24)11-15)26-9-7-16(28)8-10-26/h2-6,11,14,16,28H,7-10,12-13H2,1H3,(H,25,29)/t14-/m1/s1. The smallest absolute Gasteiger partial charge is 0.322 e. The van der Waals surface area contributed by atoms with Gasteiger partial charge in [-0.15, -0.1) is 0 Å². The second-order valence-electron chi connectivity index (χ2n) is 7.79. The Labute approximate surface area is 174 Å². The summed E-state index contributed by atoms with van der Waals surface area (Å²) in [6.07, 6.45) is 0.578. The lowest BCUT2D eigenvalue weighted by Gasteiger charge is -2.33. The fourth-order valence-corrected chi connectivity index (χ4v) is 3.91. The Morgan fingerprint density at radius 1 is 1.17 bits per heavy atom. The molecule has 0 aromatic heterocycles. The number of aliphatic hydroxyl groups is 1. The third-order valence-corrected chi connectivity index (χ3v) is 5.50. The van der Waals surface area contributed by atoms with Crippen LogP contribution < -0.4 is 19.9 Å². The van der Waals surface area contributed by atoms with Crippen LogP contribution in [0.25, 0.3) is 0 Å². The number of carbonyl (C=O) groups excluding carboxylic acids is 1. The maximum atomic E-state index is 14.6. The van der Waals surface area contributed by atoms with Crippen molar-refractivity contribution in [3.05, 3.63) is 53.6 Å². The van der Waals surface area contributed by atoms with Gasteiger partial charge in [0.25, 0.3) is 0 Å². The number of nitrogens with one attached hydrogen (secondary N) is 1. The van der Waals surface area contributed by atoms with E-state index < -0.39 is 11.8 Å². The molecular weight excluding hydrogens is 392 g/mol. The quantitative estimate of drug-likeness (QED) is 0.803. The highest BCUT2D eigenvalue weighted by Crippen LogP contribution is 2.35. The summed E-state index contributed by atoms with van der Waals surface area (Å²) in [6.45, 7) is 3.42. The normalized spacial score (nSPS) is 19.3. The molecule has 160 valence electrons. The molecule has 2 aliphatic heterocycles. The van der Waals surface area contributed by atoms with Crippen molar-refractivity contribution in [2.24, 2.45) is 0 Å². The zero-order chi connectivity index (χ0) is 21.3. The molecule has 0 bridgehead atoms. The fourth-order valence-electron chi connectivity index (χ4n) is 3.91. The first-order valence-electron chi connectivity index (χ1n) is 10.1. The number of nitrogens with zero attached hydrogens (tertiary/aromatic N) is 2. The molecule has 6 nitrogen and oxygen atoms in total. The zero-order valence-corrected chi connectivity index (χ0v) is 16.8. The highest BCUT2D eigenvalue weighted by atomic mass is 19.1. The van der Waals surface area contributed by atoms with E-state index in [0.717, 1.165) is 0 Å². The molecule has 30 heavy (non-hydrogen) atoms. The van der Waals surface area contributed by atoms with Crippen LogP contribution in [-0.2, 0) is 6.54 Å². The summed E-state index contributed by atoms with van der Waals surface area (Å²) < 4.78 is 34.2. The molecule has 4 rings (SSSR count). The largest absolute Gasteiger partial charge is 0.484 e. The Hall–Kier alpha value is -2.87. The van der Waals surface area contributed by atoms with Gasteiger partial charge in [0.2, 0.25) is 0 Å². The molecule has 2 aliphatic rings. The Morgan fingerprint density at radius 3 is 2.67 bits per heavy atom. The van der Waals surface area contributed by atoms with Gasteiger partial charge in [-0.25, -0.2) is 13.6 Å². The fraction of sp³-hybridized carbons (Fsp3) is 0.409. The van der Waals surface area contributed by atoms with Crippen molar-refractivity contribution in [1.29, 1.82) is 0 Å². The number of para-hydroxylation sites is 1. The van der Waals surface area contributed by atoms with E-state index in [1.807, 2.05) is 4.90 Å². The highest BCUT2D eigenvalue weighted by molar-refractivity contribution is 5.94. The van der Waals surface area contributed by atoms with Crippen molar-refractivity contribution in [2.75, 3.05) is 29.4 Å². The number of ether oxygens (including phenoxy) is 1. The molecule has 0 radical (unpaired) electrons. The number of hydrogen-bond donors (Lipinski definition) is 2. The van der Waals surface area contributed by atoms with E-state index in [9.17, 15) is 18.7 Å². The summed E-state index contributed by atoms with van der Waals surface area (Å²) in [4.78, 5) is 16.1. The molecule has 1 fully saturated rings. The van der Waals surface area contributed by atoms with Gasteiger partial charge in [0.05, 0.1) is 24.0 Å². The van der Waals surface area contributed by atoms with Gasteiger partial charge >= 0.3 is 6.03 Å². The molecule has 8 heteroatoms. The van der Waals surface area contributed by atoms with Gasteiger partial charge in [-0.1, -0.05) is 12.1 Å². The molecule has 2 heterocycles. The first kappa shape index (κ1) is 20.4. The maximum absolute atomic E-state index is 14.6. The van der Waals surface area contributed by atoms with Crippen molar-refractivity contribution >= 4 is 17.4 Å². The molecule has 0 saturated carbocycles. The minimum absolute atomic E-state index is 0.0634. The first-order chi connectivity index (χ1) is 14.4. The number of hydrogen-bond acceptors (Lipinski definition) is 4. The van der Waals surface area contributed by atoms with Gasteiger partial charge in [-0.2, -0.15) is 0 Å². The zero-order valence-electron chi connectivity index (χ0n) is 16.8. The monoisotopic (exact) mass is 417 g/mol. The van der Waals surface area contributed by atoms with E-state index in [0.29, 0.717) is 42.9 Å². The number of halogens is 2. The van der Waals surface area contributed by atoms with Crippen LogP contribution in [0.1, 0.15) is 25.3 Å². The van der Waals surface area contributed by atoms with E-state index in [1.54, 1.807) is 25.1 Å². The maximum Gasteiger partial charge on any atom is 0.322 e. The molecule has 0 unspecified atom stereocenters. The third kappa shape index (κ3) is 4.18. The number of aliphatic hydroxyl groups excluding tert-OH is 1. The topological polar surface area (TPSA) is 65.0 Å². The molecule has 2 aromatic rings. The Bertz CT molecular complexity index is 932. The summed E-state index contributed by atoms with van der Waals surface area (Å²) in [5.74, 6) is -0.807. The predicted octanol–water partition coefficient (Wildman–Crippen LogP) is 3.42. The molecule has 0 aliphatic carbocycles. The third-order valence-electron chi connectivity index (χ3n) is 5.50. The number of carbonyl (C=O) groups is 1. The van der Waals surface area contributed by atoms with Gasteiger partial charge in [-0.05, 0) is 49.6 Å². The Balaban J connectivity index is 1.42. The van der Waals surface area contributed by atoms with Crippen LogP contribution >= 0.6 is 0 Å². The summed E-state index contributed by atoms with van der Waals surface area (Å²) in [5.41, 5.74) is 1.50. The van der Waals surface area contributed by atoms with E-state index in [-0.39, 0.29) is 36.9 Å². The lowest BCUT2D eigenvalue weighted by Crippen LogP contribution is -2.47. The Kier molecular flexibility index (Phi) is 5.76. The van der Waals surface area contributed by atoms with Gasteiger partial charge in [0.15, 0.2) is 11.6 Å². The average molecular weight is 417 g/mol. The minimum Gasteiger partial charge on any atom is -0.484 e. The van der Waals surface area contributed by atoms with E-state index >= 15 is 0 Å². The molecular formula is C22H25F2N3O3. The van der Waals surface area contributed by atoms with Crippen molar-refractivity contribution in [1.82, 2.24) is 5.32 Å². The van der Waals surface area contributed by atoms with E-state index in [2.05, 4.69) is 5.32 Å². The van der Waals surface area contributed by atoms with Crippen molar-refractivity contribution in [3.63, 3.8) is 0 Å². The van der Waals surface area contributed by atoms with Gasteiger partial charge in [0.1, 0.15) is 11.9 Å². The molecule has 1 atom stereocenters. The lowest BCUT2D eigenvalue weighted by molar-refractivity contribution is 0.145. The molecule has 0 spiro atoms. The van der Waals surface area contributed by atoms with E-state index in [1.165, 1.54) is 23.1 Å². The van der Waals surface area contributed by atoms with Crippen LogP contribution in [0.3, 0.4) is 0 Å². The molecule has 2 aromatic carbocycles. The summed E-state index contributed by atoms with van der Waals surface area (Å²) >= 11 is 0. The molecule has 2 amide bonds. The van der Waals surface area contributed by atoms with Crippen molar-refractivity contribution in [2.45, 2.75) is 38.5 Å². The van der Waals surface area contributed by atoms with Gasteiger partial charge in [0, 0.05) is 19.6 Å². The second-order valence-corrected chi connectivity index (χ2v) is 7.79. The van der Waals surface area contributed by atoms with Crippen molar-refractivity contribution in [3.8, 4) is 5.75 Å². The Morgan fingerprint density at radius 2 is 1.93 bits per heavy atom. The number of benzene rings is 2. The van der Waals surface area contributed by atoms with E-state index in [4.69, 9.17) is 4.74 Å². The number of rotatable bonds is 3. The SMILES string of the molecule is C[C@@H]1CN(C(=O)NCc2ccc(N3CCC(O)CC3)c(F)c2)c2cccc(F)c2O1. The van der Waals surface area contributed by atoms with Crippen LogP contribution in [0.2, 0.25) is 0 Å². The van der Waals surface area contributed by atoms with Gasteiger partial charge < -0.3 is 20.1 Å². The van der Waals surface area contributed by atoms with Crippen LogP contribution in [0.15, 0.2) is 36.4 Å². The van der Waals surface area contributed by atoms with Crippen LogP contribution in [0, 0.1) is 11.6 Å².